The van der Waals surface area contributed by atoms with Gasteiger partial charge in [0.1, 0.15) is 10.8 Å². The van der Waals surface area contributed by atoms with E-state index in [4.69, 9.17) is 0 Å². The Morgan fingerprint density at radius 2 is 1.71 bits per heavy atom. The van der Waals surface area contributed by atoms with E-state index in [1.165, 1.54) is 28.6 Å². The van der Waals surface area contributed by atoms with Crippen LogP contribution in [0, 0.1) is 13.8 Å². The predicted molar refractivity (Wildman–Crippen MR) is 105 cm³/mol. The lowest BCUT2D eigenvalue weighted by atomic mass is 9.95. The van der Waals surface area contributed by atoms with Crippen LogP contribution in [0.15, 0.2) is 54.4 Å². The molecule has 0 radical (unpaired) electrons. The molecule has 7 nitrogen and oxygen atoms in total. The van der Waals surface area contributed by atoms with Gasteiger partial charge in [-0.1, -0.05) is 41.2 Å². The van der Waals surface area contributed by atoms with Gasteiger partial charge in [-0.05, 0) is 31.5 Å². The summed E-state index contributed by atoms with van der Waals surface area (Å²) in [7, 11) is 0. The first-order chi connectivity index (χ1) is 13.5. The Hall–Kier alpha value is -3.39. The fraction of sp³-hybridized carbons (Fsp3) is 0.150. The normalized spacial score (nSPS) is 18.6. The van der Waals surface area contributed by atoms with Gasteiger partial charge in [0.2, 0.25) is 5.13 Å². The molecule has 0 aliphatic carbocycles. The zero-order valence-corrected chi connectivity index (χ0v) is 16.0. The van der Waals surface area contributed by atoms with Crippen molar-refractivity contribution in [3.05, 3.63) is 76.1 Å². The van der Waals surface area contributed by atoms with Gasteiger partial charge in [-0.15, -0.1) is 10.2 Å². The number of hydrogen-bond acceptors (Lipinski definition) is 7. The number of nitrogens with zero attached hydrogens (tertiary/aromatic N) is 4. The maximum Gasteiger partial charge on any atom is 0.301 e. The van der Waals surface area contributed by atoms with E-state index in [1.54, 1.807) is 19.1 Å². The van der Waals surface area contributed by atoms with Crippen molar-refractivity contribution >= 4 is 33.9 Å². The number of ketones is 1. The summed E-state index contributed by atoms with van der Waals surface area (Å²) in [6.07, 6.45) is 3.03. The number of anilines is 1. The van der Waals surface area contributed by atoms with E-state index in [1.807, 2.05) is 31.2 Å². The Labute approximate surface area is 165 Å². The topological polar surface area (TPSA) is 96.3 Å². The molecule has 1 aliphatic rings. The Kier molecular flexibility index (Phi) is 4.48. The molecule has 4 rings (SSSR count). The standard InChI is InChI=1S/C20H16N4O3S/c1-11-3-5-13(6-4-11)16-15(17(25)14-7-9-21-10-8-14)18(26)19(27)24(16)20-23-22-12(2)28-20/h3-10,16,25H,1-2H3. The number of aromatic nitrogens is 3. The predicted octanol–water partition coefficient (Wildman–Crippen LogP) is 3.18. The molecule has 0 bridgehead atoms. The van der Waals surface area contributed by atoms with Crippen LogP contribution in [0.1, 0.15) is 27.7 Å². The first-order valence-corrected chi connectivity index (χ1v) is 9.37. The van der Waals surface area contributed by atoms with Gasteiger partial charge in [0, 0.05) is 18.0 Å². The number of amides is 1. The van der Waals surface area contributed by atoms with E-state index in [-0.39, 0.29) is 11.3 Å². The summed E-state index contributed by atoms with van der Waals surface area (Å²) >= 11 is 1.22. The number of benzene rings is 1. The molecule has 1 aromatic carbocycles. The molecule has 1 aliphatic heterocycles. The molecule has 140 valence electrons. The van der Waals surface area contributed by atoms with E-state index in [0.29, 0.717) is 21.3 Å². The van der Waals surface area contributed by atoms with E-state index in [9.17, 15) is 14.7 Å². The molecule has 1 amide bonds. The van der Waals surface area contributed by atoms with Crippen molar-refractivity contribution in [3.8, 4) is 0 Å². The molecule has 1 atom stereocenters. The molecule has 0 saturated carbocycles. The second kappa shape index (κ2) is 6.97. The van der Waals surface area contributed by atoms with Crippen LogP contribution in [-0.2, 0) is 9.59 Å². The first kappa shape index (κ1) is 18.0. The minimum atomic E-state index is -0.791. The average molecular weight is 392 g/mol. The zero-order valence-electron chi connectivity index (χ0n) is 15.2. The molecular weight excluding hydrogens is 376 g/mol. The summed E-state index contributed by atoms with van der Waals surface area (Å²) in [5.74, 6) is -1.74. The lowest BCUT2D eigenvalue weighted by Crippen LogP contribution is -2.29. The van der Waals surface area contributed by atoms with Crippen LogP contribution in [0.25, 0.3) is 5.76 Å². The molecular formula is C20H16N4O3S. The quantitative estimate of drug-likeness (QED) is 0.418. The van der Waals surface area contributed by atoms with Crippen molar-refractivity contribution in [2.75, 3.05) is 4.90 Å². The van der Waals surface area contributed by atoms with E-state index >= 15 is 0 Å². The maximum atomic E-state index is 12.9. The van der Waals surface area contributed by atoms with Gasteiger partial charge in [0.15, 0.2) is 0 Å². The van der Waals surface area contributed by atoms with Gasteiger partial charge in [0.05, 0.1) is 11.6 Å². The van der Waals surface area contributed by atoms with Crippen LogP contribution >= 0.6 is 11.3 Å². The van der Waals surface area contributed by atoms with Crippen molar-refractivity contribution in [2.45, 2.75) is 19.9 Å². The van der Waals surface area contributed by atoms with Crippen LogP contribution in [0.3, 0.4) is 0 Å². The Bertz CT molecular complexity index is 1090. The summed E-state index contributed by atoms with van der Waals surface area (Å²) in [4.78, 5) is 31.0. The molecule has 0 spiro atoms. The van der Waals surface area contributed by atoms with Crippen LogP contribution in [0.2, 0.25) is 0 Å². The van der Waals surface area contributed by atoms with Gasteiger partial charge < -0.3 is 5.11 Å². The summed E-state index contributed by atoms with van der Waals surface area (Å²) in [6, 6.07) is 9.86. The Balaban J connectivity index is 1.94. The number of aliphatic hydroxyl groups is 1. The molecule has 3 aromatic rings. The van der Waals surface area contributed by atoms with Gasteiger partial charge in [-0.25, -0.2) is 0 Å². The number of Topliss-reactive ketones (excluding diaryl/α,β-unsaturated/α-hetero) is 1. The Morgan fingerprint density at radius 3 is 2.32 bits per heavy atom. The van der Waals surface area contributed by atoms with Crippen LogP contribution in [-0.4, -0.2) is 32.0 Å². The van der Waals surface area contributed by atoms with Crippen molar-refractivity contribution in [1.82, 2.24) is 15.2 Å². The highest BCUT2D eigenvalue weighted by Crippen LogP contribution is 2.42. The number of aliphatic hydroxyl groups excluding tert-OH is 1. The van der Waals surface area contributed by atoms with E-state index in [0.717, 1.165) is 5.56 Å². The molecule has 1 saturated heterocycles. The second-order valence-electron chi connectivity index (χ2n) is 6.42. The molecule has 28 heavy (non-hydrogen) atoms. The minimum Gasteiger partial charge on any atom is -0.507 e. The lowest BCUT2D eigenvalue weighted by Gasteiger charge is -2.22. The number of rotatable bonds is 3. The second-order valence-corrected chi connectivity index (χ2v) is 7.58. The molecule has 2 aromatic heterocycles. The molecule has 3 heterocycles. The maximum absolute atomic E-state index is 12.9. The van der Waals surface area contributed by atoms with Crippen molar-refractivity contribution in [1.29, 1.82) is 0 Å². The summed E-state index contributed by atoms with van der Waals surface area (Å²) < 4.78 is 0. The van der Waals surface area contributed by atoms with E-state index in [2.05, 4.69) is 15.2 Å². The lowest BCUT2D eigenvalue weighted by molar-refractivity contribution is -0.132. The summed E-state index contributed by atoms with van der Waals surface area (Å²) in [6.45, 7) is 3.72. The highest BCUT2D eigenvalue weighted by atomic mass is 32.1. The van der Waals surface area contributed by atoms with Crippen LogP contribution in [0.4, 0.5) is 5.13 Å². The van der Waals surface area contributed by atoms with Gasteiger partial charge in [-0.3, -0.25) is 19.5 Å². The fourth-order valence-corrected chi connectivity index (χ4v) is 3.86. The smallest absolute Gasteiger partial charge is 0.301 e. The van der Waals surface area contributed by atoms with Gasteiger partial charge >= 0.3 is 5.91 Å². The average Bonchev–Trinajstić information content (AvgIpc) is 3.24. The number of hydrogen-bond donors (Lipinski definition) is 1. The van der Waals surface area contributed by atoms with Crippen LogP contribution in [0.5, 0.6) is 0 Å². The molecule has 1 N–H and O–H groups in total. The zero-order chi connectivity index (χ0) is 19.8. The third-order valence-electron chi connectivity index (χ3n) is 4.51. The van der Waals surface area contributed by atoms with Crippen molar-refractivity contribution < 1.29 is 14.7 Å². The molecule has 1 fully saturated rings. The Morgan fingerprint density at radius 1 is 1.04 bits per heavy atom. The largest absolute Gasteiger partial charge is 0.507 e. The number of pyridine rings is 1. The van der Waals surface area contributed by atoms with Crippen LogP contribution < -0.4 is 4.90 Å². The van der Waals surface area contributed by atoms with Crippen molar-refractivity contribution in [3.63, 3.8) is 0 Å². The number of carbonyl (C=O) groups is 2. The number of aryl methyl sites for hydroxylation is 2. The SMILES string of the molecule is Cc1ccc(C2C(=C(O)c3ccncc3)C(=O)C(=O)N2c2nnc(C)s2)cc1. The third-order valence-corrected chi connectivity index (χ3v) is 5.35. The highest BCUT2D eigenvalue weighted by Gasteiger charge is 2.48. The summed E-state index contributed by atoms with van der Waals surface area (Å²) in [5, 5.41) is 19.9. The monoisotopic (exact) mass is 392 g/mol. The molecule has 8 heteroatoms. The minimum absolute atomic E-state index is 0.0212. The first-order valence-electron chi connectivity index (χ1n) is 8.55. The summed E-state index contributed by atoms with van der Waals surface area (Å²) in [5.41, 5.74) is 2.18. The van der Waals surface area contributed by atoms with E-state index < -0.39 is 17.7 Å². The van der Waals surface area contributed by atoms with Crippen molar-refractivity contribution in [2.24, 2.45) is 0 Å². The fourth-order valence-electron chi connectivity index (χ4n) is 3.14. The van der Waals surface area contributed by atoms with Gasteiger partial charge in [-0.2, -0.15) is 0 Å². The van der Waals surface area contributed by atoms with Gasteiger partial charge in [0.25, 0.3) is 5.78 Å². The third kappa shape index (κ3) is 2.97. The number of carbonyl (C=O) groups excluding carboxylic acids is 2. The molecule has 1 unspecified atom stereocenters. The highest BCUT2D eigenvalue weighted by molar-refractivity contribution is 7.15.